The molecule has 0 bridgehead atoms. The van der Waals surface area contributed by atoms with Crippen LogP contribution in [0.2, 0.25) is 0 Å². The van der Waals surface area contributed by atoms with Crippen LogP contribution in [0.3, 0.4) is 0 Å². The van der Waals surface area contributed by atoms with Gasteiger partial charge in [0.2, 0.25) is 5.91 Å². The third kappa shape index (κ3) is 4.60. The average molecular weight is 366 g/mol. The minimum atomic E-state index is 0.334. The van der Waals surface area contributed by atoms with E-state index in [1.165, 1.54) is 36.3 Å². The first-order chi connectivity index (χ1) is 13.2. The number of benzene rings is 1. The summed E-state index contributed by atoms with van der Waals surface area (Å²) in [5.74, 6) is 2.85. The average Bonchev–Trinajstić information content (AvgIpc) is 3.47. The number of carbonyl (C=O) groups is 1. The SMILES string of the molecule is Cc1cnc(C2CC2)n1CC1CCCN(C(=O)CCCc2ccccc2)C1. The molecule has 4 nitrogen and oxygen atoms in total. The van der Waals surface area contributed by atoms with E-state index in [0.717, 1.165) is 38.9 Å². The number of nitrogens with zero attached hydrogens (tertiary/aromatic N) is 3. The molecular formula is C23H31N3O. The van der Waals surface area contributed by atoms with Crippen molar-refractivity contribution in [2.45, 2.75) is 64.3 Å². The smallest absolute Gasteiger partial charge is 0.222 e. The lowest BCUT2D eigenvalue weighted by Crippen LogP contribution is -2.41. The molecule has 1 unspecified atom stereocenters. The van der Waals surface area contributed by atoms with Gasteiger partial charge in [-0.05, 0) is 56.9 Å². The molecule has 4 rings (SSSR count). The maximum absolute atomic E-state index is 12.7. The lowest BCUT2D eigenvalue weighted by Gasteiger charge is -2.33. The van der Waals surface area contributed by atoms with Crippen molar-refractivity contribution in [1.82, 2.24) is 14.5 Å². The zero-order chi connectivity index (χ0) is 18.6. The summed E-state index contributed by atoms with van der Waals surface area (Å²) in [6.07, 6.45) is 9.53. The summed E-state index contributed by atoms with van der Waals surface area (Å²) < 4.78 is 2.42. The predicted molar refractivity (Wildman–Crippen MR) is 108 cm³/mol. The summed E-state index contributed by atoms with van der Waals surface area (Å²) in [4.78, 5) is 19.5. The van der Waals surface area contributed by atoms with Crippen molar-refractivity contribution in [2.24, 2.45) is 5.92 Å². The number of rotatable bonds is 7. The zero-order valence-corrected chi connectivity index (χ0v) is 16.4. The van der Waals surface area contributed by atoms with E-state index in [9.17, 15) is 4.79 Å². The number of aryl methyl sites for hydroxylation is 2. The Labute approximate surface area is 162 Å². The van der Waals surface area contributed by atoms with Crippen LogP contribution in [0.4, 0.5) is 0 Å². The van der Waals surface area contributed by atoms with Gasteiger partial charge in [0, 0.05) is 43.9 Å². The first kappa shape index (κ1) is 18.3. The fourth-order valence-corrected chi connectivity index (χ4v) is 4.33. The highest BCUT2D eigenvalue weighted by molar-refractivity contribution is 5.76. The van der Waals surface area contributed by atoms with Crippen LogP contribution in [0.15, 0.2) is 36.5 Å². The largest absolute Gasteiger partial charge is 0.342 e. The standard InChI is InChI=1S/C23H31N3O/c1-18-15-24-23(21-12-13-21)26(18)17-20-10-6-14-25(16-20)22(27)11-5-9-19-7-3-2-4-8-19/h2-4,7-8,15,20-21H,5-6,9-14,16-17H2,1H3. The Balaban J connectivity index is 1.29. The van der Waals surface area contributed by atoms with Crippen molar-refractivity contribution < 1.29 is 4.79 Å². The van der Waals surface area contributed by atoms with E-state index < -0.39 is 0 Å². The van der Waals surface area contributed by atoms with Crippen LogP contribution in [0, 0.1) is 12.8 Å². The second-order valence-electron chi connectivity index (χ2n) is 8.33. The number of aromatic nitrogens is 2. The van der Waals surface area contributed by atoms with Gasteiger partial charge >= 0.3 is 0 Å². The van der Waals surface area contributed by atoms with Crippen LogP contribution in [0.1, 0.15) is 61.5 Å². The first-order valence-corrected chi connectivity index (χ1v) is 10.5. The Hall–Kier alpha value is -2.10. The van der Waals surface area contributed by atoms with Crippen LogP contribution in [0.25, 0.3) is 0 Å². The molecule has 2 aliphatic rings. The van der Waals surface area contributed by atoms with Crippen molar-refractivity contribution in [3.8, 4) is 0 Å². The highest BCUT2D eigenvalue weighted by Gasteiger charge is 2.30. The number of amides is 1. The lowest BCUT2D eigenvalue weighted by atomic mass is 9.97. The fourth-order valence-electron chi connectivity index (χ4n) is 4.33. The molecule has 2 fully saturated rings. The third-order valence-corrected chi connectivity index (χ3v) is 6.04. The quantitative estimate of drug-likeness (QED) is 0.732. The Morgan fingerprint density at radius 3 is 2.78 bits per heavy atom. The highest BCUT2D eigenvalue weighted by atomic mass is 16.2. The maximum Gasteiger partial charge on any atom is 0.222 e. The zero-order valence-electron chi connectivity index (χ0n) is 16.4. The Bertz CT molecular complexity index is 763. The molecule has 1 aromatic heterocycles. The predicted octanol–water partition coefficient (Wildman–Crippen LogP) is 4.33. The van der Waals surface area contributed by atoms with Gasteiger partial charge in [-0.25, -0.2) is 4.98 Å². The topological polar surface area (TPSA) is 38.1 Å². The summed E-state index contributed by atoms with van der Waals surface area (Å²) in [7, 11) is 0. The number of hydrogen-bond donors (Lipinski definition) is 0. The van der Waals surface area contributed by atoms with E-state index in [-0.39, 0.29) is 0 Å². The van der Waals surface area contributed by atoms with Crippen molar-refractivity contribution in [3.05, 3.63) is 53.6 Å². The molecule has 1 saturated carbocycles. The second kappa shape index (κ2) is 8.28. The fraction of sp³-hybridized carbons (Fsp3) is 0.565. The van der Waals surface area contributed by atoms with Gasteiger partial charge in [-0.2, -0.15) is 0 Å². The van der Waals surface area contributed by atoms with Gasteiger partial charge < -0.3 is 9.47 Å². The molecule has 144 valence electrons. The number of imidazole rings is 1. The van der Waals surface area contributed by atoms with Gasteiger partial charge in [-0.15, -0.1) is 0 Å². The Morgan fingerprint density at radius 2 is 2.00 bits per heavy atom. The molecule has 1 amide bonds. The number of piperidine rings is 1. The minimum absolute atomic E-state index is 0.334. The molecule has 1 atom stereocenters. The van der Waals surface area contributed by atoms with E-state index in [1.807, 2.05) is 12.3 Å². The minimum Gasteiger partial charge on any atom is -0.342 e. The van der Waals surface area contributed by atoms with Crippen molar-refractivity contribution >= 4 is 5.91 Å². The number of hydrogen-bond acceptors (Lipinski definition) is 2. The van der Waals surface area contributed by atoms with Crippen LogP contribution in [-0.2, 0) is 17.8 Å². The van der Waals surface area contributed by atoms with Crippen LogP contribution < -0.4 is 0 Å². The first-order valence-electron chi connectivity index (χ1n) is 10.5. The van der Waals surface area contributed by atoms with Crippen molar-refractivity contribution in [2.75, 3.05) is 13.1 Å². The Morgan fingerprint density at radius 1 is 1.19 bits per heavy atom. The molecule has 0 radical (unpaired) electrons. The Kier molecular flexibility index (Phi) is 5.61. The van der Waals surface area contributed by atoms with E-state index in [0.29, 0.717) is 24.2 Å². The van der Waals surface area contributed by atoms with Crippen molar-refractivity contribution in [3.63, 3.8) is 0 Å². The van der Waals surface area contributed by atoms with E-state index in [2.05, 4.69) is 45.6 Å². The molecule has 1 saturated heterocycles. The molecular weight excluding hydrogens is 334 g/mol. The molecule has 2 heterocycles. The summed E-state index contributed by atoms with van der Waals surface area (Å²) in [5, 5.41) is 0. The summed E-state index contributed by atoms with van der Waals surface area (Å²) >= 11 is 0. The summed E-state index contributed by atoms with van der Waals surface area (Å²) in [6, 6.07) is 10.5. The molecule has 0 N–H and O–H groups in total. The van der Waals surface area contributed by atoms with E-state index in [4.69, 9.17) is 0 Å². The molecule has 0 spiro atoms. The van der Waals surface area contributed by atoms with Crippen LogP contribution >= 0.6 is 0 Å². The van der Waals surface area contributed by atoms with Crippen LogP contribution in [-0.4, -0.2) is 33.4 Å². The monoisotopic (exact) mass is 365 g/mol. The molecule has 1 aliphatic heterocycles. The molecule has 4 heteroatoms. The van der Waals surface area contributed by atoms with Gasteiger partial charge in [0.15, 0.2) is 0 Å². The molecule has 27 heavy (non-hydrogen) atoms. The van der Waals surface area contributed by atoms with Gasteiger partial charge in [-0.1, -0.05) is 30.3 Å². The number of likely N-dealkylation sites (tertiary alicyclic amines) is 1. The normalized spacial score (nSPS) is 20.0. The van der Waals surface area contributed by atoms with Crippen LogP contribution in [0.5, 0.6) is 0 Å². The summed E-state index contributed by atoms with van der Waals surface area (Å²) in [6.45, 7) is 5.02. The van der Waals surface area contributed by atoms with Gasteiger partial charge in [0.1, 0.15) is 5.82 Å². The van der Waals surface area contributed by atoms with Gasteiger partial charge in [0.25, 0.3) is 0 Å². The number of carbonyl (C=O) groups excluding carboxylic acids is 1. The lowest BCUT2D eigenvalue weighted by molar-refractivity contribution is -0.133. The molecule has 2 aromatic rings. The van der Waals surface area contributed by atoms with Gasteiger partial charge in [0.05, 0.1) is 0 Å². The highest BCUT2D eigenvalue weighted by Crippen LogP contribution is 2.40. The second-order valence-corrected chi connectivity index (χ2v) is 8.33. The van der Waals surface area contributed by atoms with Crippen molar-refractivity contribution in [1.29, 1.82) is 0 Å². The maximum atomic E-state index is 12.7. The van der Waals surface area contributed by atoms with Gasteiger partial charge in [-0.3, -0.25) is 4.79 Å². The van der Waals surface area contributed by atoms with E-state index in [1.54, 1.807) is 0 Å². The summed E-state index contributed by atoms with van der Waals surface area (Å²) in [5.41, 5.74) is 2.59. The molecule has 1 aromatic carbocycles. The third-order valence-electron chi connectivity index (χ3n) is 6.04. The molecule has 1 aliphatic carbocycles. The van der Waals surface area contributed by atoms with E-state index >= 15 is 0 Å².